The molecule has 0 unspecified atom stereocenters. The van der Waals surface area contributed by atoms with E-state index >= 15 is 0 Å². The largest absolute Gasteiger partial charge is 0.325 e. The second-order valence-corrected chi connectivity index (χ2v) is 6.21. The van der Waals surface area contributed by atoms with Crippen LogP contribution in [0.5, 0.6) is 0 Å². The Balaban J connectivity index is 1.74. The third-order valence-electron chi connectivity index (χ3n) is 3.56. The van der Waals surface area contributed by atoms with Crippen molar-refractivity contribution in [1.29, 1.82) is 0 Å². The molecular weight excluding hydrogens is 285 g/mol. The molecule has 1 fully saturated rings. The average Bonchev–Trinajstić information content (AvgIpc) is 2.98. The lowest BCUT2D eigenvalue weighted by Gasteiger charge is -2.24. The van der Waals surface area contributed by atoms with Crippen LogP contribution < -0.4 is 0 Å². The van der Waals surface area contributed by atoms with E-state index in [-0.39, 0.29) is 17.1 Å². The number of hydrogen-bond acceptors (Lipinski definition) is 2. The number of hydrogen-bond donors (Lipinski definition) is 0. The second-order valence-electron chi connectivity index (χ2n) is 5.02. The third-order valence-corrected chi connectivity index (χ3v) is 4.83. The van der Waals surface area contributed by atoms with Crippen LogP contribution in [-0.4, -0.2) is 23.1 Å². The van der Waals surface area contributed by atoms with Crippen molar-refractivity contribution < 1.29 is 9.18 Å². The first-order valence-electron chi connectivity index (χ1n) is 6.94. The Morgan fingerprint density at radius 3 is 2.57 bits per heavy atom. The highest BCUT2D eigenvalue weighted by Crippen LogP contribution is 2.38. The van der Waals surface area contributed by atoms with Gasteiger partial charge in [0, 0.05) is 12.3 Å². The normalized spacial score (nSPS) is 18.0. The summed E-state index contributed by atoms with van der Waals surface area (Å²) in [4.78, 5) is 14.4. The van der Waals surface area contributed by atoms with Crippen LogP contribution in [-0.2, 0) is 11.2 Å². The lowest BCUT2D eigenvalue weighted by atomic mass is 10.1. The molecule has 0 aliphatic carbocycles. The predicted molar refractivity (Wildman–Crippen MR) is 83.5 cm³/mol. The molecule has 2 aromatic carbocycles. The maximum absolute atomic E-state index is 13.0. The van der Waals surface area contributed by atoms with E-state index in [1.165, 1.54) is 12.1 Å². The Labute approximate surface area is 128 Å². The summed E-state index contributed by atoms with van der Waals surface area (Å²) in [6.07, 6.45) is 0.416. The predicted octanol–water partition coefficient (Wildman–Crippen LogP) is 3.64. The highest BCUT2D eigenvalue weighted by molar-refractivity contribution is 7.99. The van der Waals surface area contributed by atoms with Gasteiger partial charge in [0.1, 0.15) is 11.2 Å². The smallest absolute Gasteiger partial charge is 0.228 e. The minimum atomic E-state index is -0.246. The van der Waals surface area contributed by atoms with Crippen molar-refractivity contribution in [3.05, 3.63) is 71.5 Å². The van der Waals surface area contributed by atoms with Gasteiger partial charge in [0.05, 0.1) is 6.42 Å². The minimum absolute atomic E-state index is 0.00168. The second kappa shape index (κ2) is 6.31. The van der Waals surface area contributed by atoms with Crippen molar-refractivity contribution in [3.63, 3.8) is 0 Å². The molecule has 0 saturated carbocycles. The molecule has 4 heteroatoms. The maximum atomic E-state index is 13.0. The van der Waals surface area contributed by atoms with Gasteiger partial charge in [0.15, 0.2) is 0 Å². The van der Waals surface area contributed by atoms with Crippen molar-refractivity contribution in [2.75, 3.05) is 12.3 Å². The number of amides is 1. The van der Waals surface area contributed by atoms with Crippen LogP contribution >= 0.6 is 11.8 Å². The summed E-state index contributed by atoms with van der Waals surface area (Å²) in [5.41, 5.74) is 2.01. The van der Waals surface area contributed by atoms with Gasteiger partial charge in [0.2, 0.25) is 5.91 Å². The van der Waals surface area contributed by atoms with Crippen molar-refractivity contribution in [3.8, 4) is 0 Å². The van der Waals surface area contributed by atoms with Crippen molar-refractivity contribution in [1.82, 2.24) is 4.90 Å². The van der Waals surface area contributed by atoms with Crippen LogP contribution in [0.3, 0.4) is 0 Å². The Morgan fingerprint density at radius 2 is 1.86 bits per heavy atom. The zero-order valence-corrected chi connectivity index (χ0v) is 12.4. The van der Waals surface area contributed by atoms with Crippen LogP contribution in [0.15, 0.2) is 54.6 Å². The Hall–Kier alpha value is -1.81. The average molecular weight is 301 g/mol. The van der Waals surface area contributed by atoms with Crippen molar-refractivity contribution in [2.24, 2.45) is 0 Å². The molecule has 0 N–H and O–H groups in total. The van der Waals surface area contributed by atoms with Crippen LogP contribution in [0, 0.1) is 5.82 Å². The molecule has 0 aromatic heterocycles. The van der Waals surface area contributed by atoms with E-state index in [1.54, 1.807) is 23.9 Å². The lowest BCUT2D eigenvalue weighted by molar-refractivity contribution is -0.130. The SMILES string of the molecule is O=C(Cc1ccccc1)N1CCS[C@H]1c1ccc(F)cc1. The molecule has 2 nitrogen and oxygen atoms in total. The number of nitrogens with zero attached hydrogens (tertiary/aromatic N) is 1. The number of thioether (sulfide) groups is 1. The van der Waals surface area contributed by atoms with Gasteiger partial charge in [-0.05, 0) is 23.3 Å². The summed E-state index contributed by atoms with van der Waals surface area (Å²) in [6.45, 7) is 0.748. The van der Waals surface area contributed by atoms with E-state index in [1.807, 2.05) is 35.2 Å². The Morgan fingerprint density at radius 1 is 1.14 bits per heavy atom. The first-order chi connectivity index (χ1) is 10.2. The molecule has 3 rings (SSSR count). The molecule has 1 amide bonds. The highest BCUT2D eigenvalue weighted by atomic mass is 32.2. The van der Waals surface area contributed by atoms with Gasteiger partial charge in [-0.1, -0.05) is 42.5 Å². The number of carbonyl (C=O) groups excluding carboxylic acids is 1. The lowest BCUT2D eigenvalue weighted by Crippen LogP contribution is -2.31. The molecule has 1 aliphatic heterocycles. The Bertz CT molecular complexity index is 614. The minimum Gasteiger partial charge on any atom is -0.325 e. The molecule has 2 aromatic rings. The molecule has 1 aliphatic rings. The molecule has 1 atom stereocenters. The van der Waals surface area contributed by atoms with E-state index in [4.69, 9.17) is 0 Å². The number of benzene rings is 2. The summed E-state index contributed by atoms with van der Waals surface area (Å²) >= 11 is 1.73. The van der Waals surface area contributed by atoms with Crippen molar-refractivity contribution in [2.45, 2.75) is 11.8 Å². The molecule has 0 bridgehead atoms. The molecule has 1 heterocycles. The quantitative estimate of drug-likeness (QED) is 0.862. The topological polar surface area (TPSA) is 20.3 Å². The standard InChI is InChI=1S/C17H16FNOS/c18-15-8-6-14(7-9-15)17-19(10-11-21-17)16(20)12-13-4-2-1-3-5-13/h1-9,17H,10-12H2/t17-/m0/s1. The molecule has 1 saturated heterocycles. The van der Waals surface area contributed by atoms with Crippen molar-refractivity contribution >= 4 is 17.7 Å². The first-order valence-corrected chi connectivity index (χ1v) is 7.99. The van der Waals surface area contributed by atoms with Gasteiger partial charge >= 0.3 is 0 Å². The van der Waals surface area contributed by atoms with E-state index in [0.29, 0.717) is 6.42 Å². The van der Waals surface area contributed by atoms with Gasteiger partial charge in [-0.3, -0.25) is 4.79 Å². The van der Waals surface area contributed by atoms with E-state index in [9.17, 15) is 9.18 Å². The summed E-state index contributed by atoms with van der Waals surface area (Å²) in [7, 11) is 0. The zero-order chi connectivity index (χ0) is 14.7. The van der Waals surface area contributed by atoms with Gasteiger partial charge in [-0.25, -0.2) is 4.39 Å². The fourth-order valence-electron chi connectivity index (χ4n) is 2.50. The molecule has 108 valence electrons. The molecule has 0 radical (unpaired) electrons. The first kappa shape index (κ1) is 14.1. The fourth-order valence-corrected chi connectivity index (χ4v) is 3.78. The number of carbonyl (C=O) groups is 1. The Kier molecular flexibility index (Phi) is 4.25. The third kappa shape index (κ3) is 3.27. The van der Waals surface area contributed by atoms with Gasteiger partial charge in [-0.2, -0.15) is 0 Å². The van der Waals surface area contributed by atoms with Crippen LogP contribution in [0.4, 0.5) is 4.39 Å². The monoisotopic (exact) mass is 301 g/mol. The molecule has 21 heavy (non-hydrogen) atoms. The molecular formula is C17H16FNOS. The summed E-state index contributed by atoms with van der Waals surface area (Å²) in [6, 6.07) is 16.2. The summed E-state index contributed by atoms with van der Waals surface area (Å²) in [5.74, 6) is 0.798. The fraction of sp³-hybridized carbons (Fsp3) is 0.235. The van der Waals surface area contributed by atoms with Crippen LogP contribution in [0.1, 0.15) is 16.5 Å². The number of halogens is 1. The summed E-state index contributed by atoms with van der Waals surface area (Å²) in [5, 5.41) is 0.00168. The van der Waals surface area contributed by atoms with E-state index in [0.717, 1.165) is 23.4 Å². The van der Waals surface area contributed by atoms with E-state index < -0.39 is 0 Å². The van der Waals surface area contributed by atoms with Crippen LogP contribution in [0.2, 0.25) is 0 Å². The zero-order valence-electron chi connectivity index (χ0n) is 11.5. The maximum Gasteiger partial charge on any atom is 0.228 e. The van der Waals surface area contributed by atoms with Gasteiger partial charge in [0.25, 0.3) is 0 Å². The highest BCUT2D eigenvalue weighted by Gasteiger charge is 2.30. The molecule has 0 spiro atoms. The van der Waals surface area contributed by atoms with Gasteiger partial charge in [-0.15, -0.1) is 11.8 Å². The summed E-state index contributed by atoms with van der Waals surface area (Å²) < 4.78 is 13.0. The van der Waals surface area contributed by atoms with Crippen LogP contribution in [0.25, 0.3) is 0 Å². The van der Waals surface area contributed by atoms with E-state index in [2.05, 4.69) is 0 Å². The number of rotatable bonds is 3. The van der Waals surface area contributed by atoms with Gasteiger partial charge < -0.3 is 4.90 Å².